The smallest absolute Gasteiger partial charge is 0.370 e. The van der Waals surface area contributed by atoms with Crippen LogP contribution in [0.2, 0.25) is 0 Å². The minimum atomic E-state index is -4.23. The van der Waals surface area contributed by atoms with Gasteiger partial charge in [-0.2, -0.15) is 18.4 Å². The van der Waals surface area contributed by atoms with Crippen LogP contribution in [-0.2, 0) is 13.0 Å². The number of aromatic amines is 1. The first-order valence-electron chi connectivity index (χ1n) is 12.7. The molecule has 1 N–H and O–H groups in total. The molecule has 2 aliphatic heterocycles. The van der Waals surface area contributed by atoms with Crippen molar-refractivity contribution in [2.24, 2.45) is 5.41 Å². The number of H-pyrrole nitrogens is 1. The van der Waals surface area contributed by atoms with Crippen LogP contribution in [0.25, 0.3) is 21.8 Å². The lowest BCUT2D eigenvalue weighted by molar-refractivity contribution is -0.127. The summed E-state index contributed by atoms with van der Waals surface area (Å²) in [5.74, 6) is 0. The number of halogens is 3. The van der Waals surface area contributed by atoms with Crippen molar-refractivity contribution in [3.05, 3.63) is 71.0 Å². The number of alkyl halides is 3. The second kappa shape index (κ2) is 8.77. The number of hydrogen-bond acceptors (Lipinski definition) is 4. The van der Waals surface area contributed by atoms with Gasteiger partial charge < -0.3 is 9.88 Å². The number of rotatable bonds is 4. The number of nitrogens with one attached hydrogen (secondary N) is 1. The maximum Gasteiger partial charge on any atom is 0.393 e. The van der Waals surface area contributed by atoms with Gasteiger partial charge in [-0.05, 0) is 73.3 Å². The predicted octanol–water partition coefficient (Wildman–Crippen LogP) is 6.10. The highest BCUT2D eigenvalue weighted by Gasteiger charge is 2.43. The maximum absolute atomic E-state index is 13.0. The first-order valence-corrected chi connectivity index (χ1v) is 12.7. The van der Waals surface area contributed by atoms with E-state index in [1.165, 1.54) is 17.2 Å². The Morgan fingerprint density at radius 3 is 2.70 bits per heavy atom. The lowest BCUT2D eigenvalue weighted by Gasteiger charge is -2.26. The second-order valence-corrected chi connectivity index (χ2v) is 10.7. The summed E-state index contributed by atoms with van der Waals surface area (Å²) in [6.07, 6.45) is -1.23. The van der Waals surface area contributed by atoms with E-state index in [1.54, 1.807) is 18.3 Å². The van der Waals surface area contributed by atoms with Gasteiger partial charge in [-0.1, -0.05) is 12.1 Å². The Hall–Kier alpha value is -3.57. The van der Waals surface area contributed by atoms with Gasteiger partial charge in [0.2, 0.25) is 0 Å². The van der Waals surface area contributed by atoms with E-state index in [1.807, 2.05) is 12.1 Å². The van der Waals surface area contributed by atoms with Gasteiger partial charge in [0.1, 0.15) is 11.8 Å². The van der Waals surface area contributed by atoms with Crippen LogP contribution in [0.15, 0.2) is 48.7 Å². The van der Waals surface area contributed by atoms with Crippen LogP contribution in [0.3, 0.4) is 0 Å². The van der Waals surface area contributed by atoms with Crippen LogP contribution in [0, 0.1) is 23.7 Å². The monoisotopic (exact) mass is 503 g/mol. The number of nitriles is 1. The van der Waals surface area contributed by atoms with Crippen LogP contribution in [0.4, 0.5) is 18.9 Å². The predicted molar refractivity (Wildman–Crippen MR) is 138 cm³/mol. The fraction of sp³-hybridized carbons (Fsp3) is 0.379. The summed E-state index contributed by atoms with van der Waals surface area (Å²) >= 11 is 0. The Kier molecular flexibility index (Phi) is 5.64. The highest BCUT2D eigenvalue weighted by atomic mass is 19.4. The van der Waals surface area contributed by atoms with Crippen molar-refractivity contribution in [3.63, 3.8) is 0 Å². The summed E-state index contributed by atoms with van der Waals surface area (Å²) in [4.78, 5) is 12.4. The van der Waals surface area contributed by atoms with Crippen molar-refractivity contribution < 1.29 is 13.2 Å². The van der Waals surface area contributed by atoms with E-state index < -0.39 is 12.6 Å². The van der Waals surface area contributed by atoms with E-state index >= 15 is 0 Å². The standard InChI is InChI=1S/C29H28F3N5/c1-19-21(3-5-26-23(19)13-22(15-33)35-26)16-36-10-7-28(17-36)8-11-37(18-28)27-6-9-34-25-4-2-20(12-24(25)27)14-29(30,31)32/h2-6,9,12-13,35H,7-8,10-11,14,16-18H2,1H3. The first-order chi connectivity index (χ1) is 17.7. The molecule has 0 saturated carbocycles. The second-order valence-electron chi connectivity index (χ2n) is 10.7. The van der Waals surface area contributed by atoms with Crippen LogP contribution >= 0.6 is 0 Å². The summed E-state index contributed by atoms with van der Waals surface area (Å²) in [7, 11) is 0. The molecular formula is C29H28F3N5. The van der Waals surface area contributed by atoms with Crippen molar-refractivity contribution in [1.29, 1.82) is 5.26 Å². The van der Waals surface area contributed by atoms with E-state index in [4.69, 9.17) is 0 Å². The molecular weight excluding hydrogens is 475 g/mol. The van der Waals surface area contributed by atoms with Crippen LogP contribution < -0.4 is 4.90 Å². The molecule has 1 atom stereocenters. The van der Waals surface area contributed by atoms with Gasteiger partial charge in [-0.15, -0.1) is 0 Å². The van der Waals surface area contributed by atoms with Crippen molar-refractivity contribution in [1.82, 2.24) is 14.9 Å². The van der Waals surface area contributed by atoms with E-state index in [2.05, 4.69) is 44.9 Å². The largest absolute Gasteiger partial charge is 0.393 e. The van der Waals surface area contributed by atoms with Crippen LogP contribution in [0.1, 0.15) is 35.2 Å². The molecule has 2 aromatic carbocycles. The average molecular weight is 504 g/mol. The molecule has 0 aliphatic carbocycles. The zero-order valence-electron chi connectivity index (χ0n) is 20.7. The SMILES string of the molecule is Cc1c(CN2CCC3(CCN(c4ccnc5ccc(CC(F)(F)F)cc45)C3)C2)ccc2[nH]c(C#N)cc12. The highest BCUT2D eigenvalue weighted by Crippen LogP contribution is 2.43. The van der Waals surface area contributed by atoms with Gasteiger partial charge in [-0.25, -0.2) is 0 Å². The minimum absolute atomic E-state index is 0.180. The molecule has 4 heterocycles. The minimum Gasteiger partial charge on any atom is -0.370 e. The number of nitrogens with zero attached hydrogens (tertiary/aromatic N) is 4. The number of benzene rings is 2. The van der Waals surface area contributed by atoms with E-state index in [0.717, 1.165) is 73.1 Å². The molecule has 2 aromatic heterocycles. The number of hydrogen-bond donors (Lipinski definition) is 1. The number of aromatic nitrogens is 2. The third-order valence-corrected chi connectivity index (χ3v) is 8.18. The summed E-state index contributed by atoms with van der Waals surface area (Å²) in [5, 5.41) is 11.1. The van der Waals surface area contributed by atoms with Crippen molar-refractivity contribution in [3.8, 4) is 6.07 Å². The summed E-state index contributed by atoms with van der Waals surface area (Å²) < 4.78 is 39.0. The quantitative estimate of drug-likeness (QED) is 0.365. The molecule has 0 bridgehead atoms. The molecule has 0 amide bonds. The zero-order chi connectivity index (χ0) is 25.8. The number of fused-ring (bicyclic) bond motifs is 2. The van der Waals surface area contributed by atoms with Crippen molar-refractivity contribution >= 4 is 27.5 Å². The molecule has 1 spiro atoms. The van der Waals surface area contributed by atoms with E-state index in [9.17, 15) is 18.4 Å². The van der Waals surface area contributed by atoms with Crippen LogP contribution in [-0.4, -0.2) is 47.2 Å². The Labute approximate surface area is 213 Å². The topological polar surface area (TPSA) is 58.9 Å². The third kappa shape index (κ3) is 4.53. The van der Waals surface area contributed by atoms with Gasteiger partial charge in [-0.3, -0.25) is 9.88 Å². The Balaban J connectivity index is 1.19. The normalized spacial score (nSPS) is 20.5. The number of likely N-dealkylation sites (tertiary alicyclic amines) is 1. The number of pyridine rings is 1. The zero-order valence-corrected chi connectivity index (χ0v) is 20.7. The lowest BCUT2D eigenvalue weighted by Crippen LogP contribution is -2.31. The average Bonchev–Trinajstić information content (AvgIpc) is 3.58. The molecule has 5 nitrogen and oxygen atoms in total. The Bertz CT molecular complexity index is 1530. The van der Waals surface area contributed by atoms with Crippen molar-refractivity contribution in [2.75, 3.05) is 31.1 Å². The molecule has 4 aromatic rings. The highest BCUT2D eigenvalue weighted by molar-refractivity contribution is 5.92. The van der Waals surface area contributed by atoms with Crippen LogP contribution in [0.5, 0.6) is 0 Å². The summed E-state index contributed by atoms with van der Waals surface area (Å²) in [6, 6.07) is 15.2. The molecule has 0 radical (unpaired) electrons. The fourth-order valence-electron chi connectivity index (χ4n) is 6.30. The molecule has 1 unspecified atom stereocenters. The molecule has 2 saturated heterocycles. The van der Waals surface area contributed by atoms with Gasteiger partial charge >= 0.3 is 6.18 Å². The maximum atomic E-state index is 13.0. The fourth-order valence-corrected chi connectivity index (χ4v) is 6.30. The molecule has 2 fully saturated rings. The number of anilines is 1. The van der Waals surface area contributed by atoms with Gasteiger partial charge in [0.15, 0.2) is 0 Å². The van der Waals surface area contributed by atoms with Crippen molar-refractivity contribution in [2.45, 2.75) is 38.9 Å². The molecule has 190 valence electrons. The first kappa shape index (κ1) is 23.8. The lowest BCUT2D eigenvalue weighted by atomic mass is 9.86. The van der Waals surface area contributed by atoms with E-state index in [0.29, 0.717) is 5.69 Å². The summed E-state index contributed by atoms with van der Waals surface area (Å²) in [5.41, 5.74) is 6.22. The van der Waals surface area contributed by atoms with Gasteiger partial charge in [0.25, 0.3) is 0 Å². The van der Waals surface area contributed by atoms with Gasteiger partial charge in [0, 0.05) is 59.8 Å². The Morgan fingerprint density at radius 2 is 1.89 bits per heavy atom. The molecule has 2 aliphatic rings. The number of aryl methyl sites for hydroxylation is 1. The molecule has 8 heteroatoms. The van der Waals surface area contributed by atoms with E-state index in [-0.39, 0.29) is 11.0 Å². The Morgan fingerprint density at radius 1 is 1.05 bits per heavy atom. The third-order valence-electron chi connectivity index (χ3n) is 8.18. The van der Waals surface area contributed by atoms with Gasteiger partial charge in [0.05, 0.1) is 11.9 Å². The summed E-state index contributed by atoms with van der Waals surface area (Å²) in [6.45, 7) is 6.80. The molecule has 6 rings (SSSR count). The molecule has 37 heavy (non-hydrogen) atoms.